The molecule has 0 aromatic heterocycles. The zero-order valence-corrected chi connectivity index (χ0v) is 12.5. The maximum atomic E-state index is 5.64. The van der Waals surface area contributed by atoms with E-state index in [1.807, 2.05) is 0 Å². The third kappa shape index (κ3) is 3.26. The normalized spacial score (nSPS) is 20.1. The van der Waals surface area contributed by atoms with Crippen LogP contribution in [0.5, 0.6) is 5.75 Å². The molecule has 2 aliphatic rings. The molecule has 1 aromatic carbocycles. The summed E-state index contributed by atoms with van der Waals surface area (Å²) in [5.74, 6) is 0.997. The Bertz CT molecular complexity index is 441. The first-order valence-corrected chi connectivity index (χ1v) is 8.11. The van der Waals surface area contributed by atoms with Gasteiger partial charge in [0, 0.05) is 18.6 Å². The summed E-state index contributed by atoms with van der Waals surface area (Å²) in [7, 11) is 0. The minimum absolute atomic E-state index is 0.598. The second-order valence-electron chi connectivity index (χ2n) is 6.06. The van der Waals surface area contributed by atoms with Gasteiger partial charge >= 0.3 is 0 Å². The van der Waals surface area contributed by atoms with E-state index in [2.05, 4.69) is 35.8 Å². The highest BCUT2D eigenvalue weighted by Crippen LogP contribution is 2.28. The van der Waals surface area contributed by atoms with Crippen LogP contribution in [0, 0.1) is 0 Å². The van der Waals surface area contributed by atoms with Gasteiger partial charge in [-0.1, -0.05) is 25.8 Å². The third-order valence-electron chi connectivity index (χ3n) is 4.52. The number of hydrogen-bond acceptors (Lipinski definition) is 3. The van der Waals surface area contributed by atoms with Gasteiger partial charge in [-0.3, -0.25) is 0 Å². The summed E-state index contributed by atoms with van der Waals surface area (Å²) in [6.07, 6.45) is 7.81. The molecule has 1 fully saturated rings. The minimum Gasteiger partial charge on any atom is -0.490 e. The van der Waals surface area contributed by atoms with Gasteiger partial charge in [0.25, 0.3) is 0 Å². The lowest BCUT2D eigenvalue weighted by atomic mass is 10.0. The fraction of sp³-hybridized carbons (Fsp3) is 0.647. The molecule has 1 aliphatic heterocycles. The van der Waals surface area contributed by atoms with Crippen molar-refractivity contribution in [2.24, 2.45) is 0 Å². The van der Waals surface area contributed by atoms with Crippen molar-refractivity contribution < 1.29 is 4.74 Å². The lowest BCUT2D eigenvalue weighted by Crippen LogP contribution is -2.37. The molecule has 110 valence electrons. The molecule has 0 bridgehead atoms. The number of fused-ring (bicyclic) bond motifs is 1. The number of benzene rings is 1. The van der Waals surface area contributed by atoms with Crippen molar-refractivity contribution in [2.45, 2.75) is 57.5 Å². The van der Waals surface area contributed by atoms with Gasteiger partial charge in [0.05, 0.1) is 5.69 Å². The standard InChI is InChI=1S/C17H26N2O/c1-2-14(19-15-5-3-4-6-15)11-13-7-8-17-16(12-13)18-9-10-20-17/h7-8,12,14-15,18-19H,2-6,9-11H2,1H3. The first-order valence-electron chi connectivity index (χ1n) is 8.11. The van der Waals surface area contributed by atoms with E-state index in [4.69, 9.17) is 4.74 Å². The van der Waals surface area contributed by atoms with Crippen molar-refractivity contribution >= 4 is 5.69 Å². The molecular weight excluding hydrogens is 248 g/mol. The van der Waals surface area contributed by atoms with E-state index in [9.17, 15) is 0 Å². The van der Waals surface area contributed by atoms with Crippen LogP contribution in [0.15, 0.2) is 18.2 Å². The molecule has 3 heteroatoms. The Morgan fingerprint density at radius 2 is 2.20 bits per heavy atom. The van der Waals surface area contributed by atoms with Crippen LogP contribution >= 0.6 is 0 Å². The summed E-state index contributed by atoms with van der Waals surface area (Å²) in [6.45, 7) is 3.97. The molecule has 3 rings (SSSR count). The molecule has 0 amide bonds. The van der Waals surface area contributed by atoms with E-state index in [1.165, 1.54) is 37.7 Å². The highest BCUT2D eigenvalue weighted by Gasteiger charge is 2.19. The molecule has 1 saturated carbocycles. The predicted octanol–water partition coefficient (Wildman–Crippen LogP) is 3.34. The van der Waals surface area contributed by atoms with E-state index in [0.717, 1.165) is 37.1 Å². The zero-order chi connectivity index (χ0) is 13.8. The van der Waals surface area contributed by atoms with Crippen LogP contribution in [0.3, 0.4) is 0 Å². The average molecular weight is 274 g/mol. The maximum Gasteiger partial charge on any atom is 0.142 e. The van der Waals surface area contributed by atoms with Gasteiger partial charge in [-0.2, -0.15) is 0 Å². The summed E-state index contributed by atoms with van der Waals surface area (Å²) in [4.78, 5) is 0. The second-order valence-corrected chi connectivity index (χ2v) is 6.06. The van der Waals surface area contributed by atoms with Crippen molar-refractivity contribution in [2.75, 3.05) is 18.5 Å². The summed E-state index contributed by atoms with van der Waals surface area (Å²) in [6, 6.07) is 7.93. The highest BCUT2D eigenvalue weighted by atomic mass is 16.5. The SMILES string of the molecule is CCC(Cc1ccc2c(c1)NCCO2)NC1CCCC1. The molecule has 1 heterocycles. The van der Waals surface area contributed by atoms with E-state index in [0.29, 0.717) is 6.04 Å². The van der Waals surface area contributed by atoms with Crippen LogP contribution in [0.4, 0.5) is 5.69 Å². The Balaban J connectivity index is 1.62. The molecule has 20 heavy (non-hydrogen) atoms. The number of hydrogen-bond donors (Lipinski definition) is 2. The molecule has 3 nitrogen and oxygen atoms in total. The van der Waals surface area contributed by atoms with Crippen molar-refractivity contribution in [3.05, 3.63) is 23.8 Å². The van der Waals surface area contributed by atoms with Crippen molar-refractivity contribution in [3.63, 3.8) is 0 Å². The zero-order valence-electron chi connectivity index (χ0n) is 12.5. The molecular formula is C17H26N2O. The molecule has 0 spiro atoms. The van der Waals surface area contributed by atoms with Gasteiger partial charge in [0.2, 0.25) is 0 Å². The Hall–Kier alpha value is -1.22. The van der Waals surface area contributed by atoms with Gasteiger partial charge in [0.15, 0.2) is 0 Å². The number of anilines is 1. The van der Waals surface area contributed by atoms with Gasteiger partial charge in [0.1, 0.15) is 12.4 Å². The Morgan fingerprint density at radius 3 is 3.00 bits per heavy atom. The second kappa shape index (κ2) is 6.49. The largest absolute Gasteiger partial charge is 0.490 e. The molecule has 1 atom stereocenters. The average Bonchev–Trinajstić information content (AvgIpc) is 2.99. The van der Waals surface area contributed by atoms with Crippen LogP contribution in [-0.4, -0.2) is 25.2 Å². The molecule has 1 aromatic rings. The summed E-state index contributed by atoms with van der Waals surface area (Å²) in [5.41, 5.74) is 2.56. The van der Waals surface area contributed by atoms with Crippen molar-refractivity contribution in [3.8, 4) is 5.75 Å². The highest BCUT2D eigenvalue weighted by molar-refractivity contribution is 5.59. The van der Waals surface area contributed by atoms with Crippen LogP contribution in [0.1, 0.15) is 44.6 Å². The van der Waals surface area contributed by atoms with Gasteiger partial charge in [-0.15, -0.1) is 0 Å². The summed E-state index contributed by atoms with van der Waals surface area (Å²) >= 11 is 0. The number of nitrogens with one attached hydrogen (secondary N) is 2. The fourth-order valence-corrected chi connectivity index (χ4v) is 3.35. The van der Waals surface area contributed by atoms with Gasteiger partial charge < -0.3 is 15.4 Å². The molecule has 0 saturated heterocycles. The monoisotopic (exact) mass is 274 g/mol. The van der Waals surface area contributed by atoms with Crippen molar-refractivity contribution in [1.29, 1.82) is 0 Å². The van der Waals surface area contributed by atoms with Crippen LogP contribution < -0.4 is 15.4 Å². The van der Waals surface area contributed by atoms with E-state index >= 15 is 0 Å². The molecule has 1 aliphatic carbocycles. The van der Waals surface area contributed by atoms with Crippen LogP contribution in [0.2, 0.25) is 0 Å². The quantitative estimate of drug-likeness (QED) is 0.864. The van der Waals surface area contributed by atoms with Crippen LogP contribution in [0.25, 0.3) is 0 Å². The first kappa shape index (κ1) is 13.7. The third-order valence-corrected chi connectivity index (χ3v) is 4.52. The Labute approximate surface area is 122 Å². The first-order chi connectivity index (χ1) is 9.85. The lowest BCUT2D eigenvalue weighted by Gasteiger charge is -2.23. The Kier molecular flexibility index (Phi) is 4.46. The van der Waals surface area contributed by atoms with Gasteiger partial charge in [-0.05, 0) is 43.4 Å². The smallest absolute Gasteiger partial charge is 0.142 e. The van der Waals surface area contributed by atoms with E-state index in [1.54, 1.807) is 0 Å². The number of rotatable bonds is 5. The molecule has 2 N–H and O–H groups in total. The van der Waals surface area contributed by atoms with Crippen LogP contribution in [-0.2, 0) is 6.42 Å². The van der Waals surface area contributed by atoms with Crippen molar-refractivity contribution in [1.82, 2.24) is 5.32 Å². The fourth-order valence-electron chi connectivity index (χ4n) is 3.35. The summed E-state index contributed by atoms with van der Waals surface area (Å²) in [5, 5.41) is 7.26. The summed E-state index contributed by atoms with van der Waals surface area (Å²) < 4.78 is 5.64. The minimum atomic E-state index is 0.598. The predicted molar refractivity (Wildman–Crippen MR) is 83.6 cm³/mol. The molecule has 0 radical (unpaired) electrons. The topological polar surface area (TPSA) is 33.3 Å². The lowest BCUT2D eigenvalue weighted by molar-refractivity contribution is 0.323. The number of ether oxygens (including phenoxy) is 1. The van der Waals surface area contributed by atoms with Gasteiger partial charge in [-0.25, -0.2) is 0 Å². The Morgan fingerprint density at radius 1 is 1.35 bits per heavy atom. The maximum absolute atomic E-state index is 5.64. The molecule has 1 unspecified atom stereocenters. The van der Waals surface area contributed by atoms with E-state index in [-0.39, 0.29) is 0 Å². The van der Waals surface area contributed by atoms with E-state index < -0.39 is 0 Å².